The number of hydrogen-bond donors (Lipinski definition) is 1. The van der Waals surface area contributed by atoms with Gasteiger partial charge in [-0.15, -0.1) is 6.58 Å². The fraction of sp³-hybridized carbons (Fsp3) is 0.250. The molecular formula is C16H17N3O4. The van der Waals surface area contributed by atoms with E-state index in [4.69, 9.17) is 0 Å². The number of carbonyl (C=O) groups excluding carboxylic acids is 4. The molecule has 1 heterocycles. The van der Waals surface area contributed by atoms with Crippen molar-refractivity contribution in [3.05, 3.63) is 42.5 Å². The largest absolute Gasteiger partial charge is 0.335 e. The highest BCUT2D eigenvalue weighted by Crippen LogP contribution is 2.16. The molecule has 0 atom stereocenters. The van der Waals surface area contributed by atoms with Crippen LogP contribution in [0.5, 0.6) is 0 Å². The van der Waals surface area contributed by atoms with Gasteiger partial charge in [-0.05, 0) is 18.1 Å². The predicted molar refractivity (Wildman–Crippen MR) is 83.5 cm³/mol. The molecule has 1 aromatic carbocycles. The van der Waals surface area contributed by atoms with Gasteiger partial charge in [0.05, 0.1) is 0 Å². The van der Waals surface area contributed by atoms with Crippen LogP contribution in [-0.2, 0) is 20.8 Å². The molecule has 23 heavy (non-hydrogen) atoms. The molecule has 0 unspecified atom stereocenters. The second-order valence-corrected chi connectivity index (χ2v) is 4.94. The van der Waals surface area contributed by atoms with E-state index in [1.807, 2.05) is 19.1 Å². The summed E-state index contributed by atoms with van der Waals surface area (Å²) in [7, 11) is 0. The number of nitrogens with one attached hydrogen (secondary N) is 1. The molecule has 0 bridgehead atoms. The van der Waals surface area contributed by atoms with Crippen LogP contribution in [-0.4, -0.2) is 46.6 Å². The van der Waals surface area contributed by atoms with Gasteiger partial charge in [-0.3, -0.25) is 19.3 Å². The summed E-state index contributed by atoms with van der Waals surface area (Å²) in [5.74, 6) is -2.49. The van der Waals surface area contributed by atoms with Crippen molar-refractivity contribution < 1.29 is 19.2 Å². The number of rotatable bonds is 6. The Kier molecular flexibility index (Phi) is 4.90. The zero-order chi connectivity index (χ0) is 17.0. The smallest absolute Gasteiger partial charge is 0.324 e. The highest BCUT2D eigenvalue weighted by Gasteiger charge is 2.44. The molecule has 1 fully saturated rings. The fourth-order valence-electron chi connectivity index (χ4n) is 2.26. The van der Waals surface area contributed by atoms with Gasteiger partial charge in [-0.25, -0.2) is 9.69 Å². The number of aryl methyl sites for hydroxylation is 1. The Bertz CT molecular complexity index is 684. The third kappa shape index (κ3) is 3.28. The standard InChI is InChI=1S/C16H17N3O4/c1-3-9-18-14(21)15(22)19(16(18)23)10-13(20)17-12-8-6-5-7-11(12)4-2/h3,5-8H,1,4,9-10H2,2H3,(H,17,20). The number of imide groups is 2. The molecule has 0 radical (unpaired) electrons. The SMILES string of the molecule is C=CCN1C(=O)C(=O)N(CC(=O)Nc2ccccc2CC)C1=O. The molecule has 1 N–H and O–H groups in total. The molecular weight excluding hydrogens is 298 g/mol. The zero-order valence-electron chi connectivity index (χ0n) is 12.7. The van der Waals surface area contributed by atoms with Crippen molar-refractivity contribution in [1.82, 2.24) is 9.80 Å². The Morgan fingerprint density at radius 3 is 2.48 bits per heavy atom. The summed E-state index contributed by atoms with van der Waals surface area (Å²) < 4.78 is 0. The Labute approximate surface area is 133 Å². The first-order valence-electron chi connectivity index (χ1n) is 7.15. The van der Waals surface area contributed by atoms with Crippen LogP contribution in [0.3, 0.4) is 0 Å². The highest BCUT2D eigenvalue weighted by atomic mass is 16.2. The van der Waals surface area contributed by atoms with E-state index in [9.17, 15) is 19.2 Å². The van der Waals surface area contributed by atoms with Crippen LogP contribution in [0, 0.1) is 0 Å². The first-order chi connectivity index (χ1) is 11.0. The maximum Gasteiger partial charge on any atom is 0.335 e. The summed E-state index contributed by atoms with van der Waals surface area (Å²) in [5.41, 5.74) is 1.55. The van der Waals surface area contributed by atoms with Crippen LogP contribution in [0.4, 0.5) is 10.5 Å². The fourth-order valence-corrected chi connectivity index (χ4v) is 2.26. The average molecular weight is 315 g/mol. The van der Waals surface area contributed by atoms with E-state index in [2.05, 4.69) is 11.9 Å². The summed E-state index contributed by atoms with van der Waals surface area (Å²) in [4.78, 5) is 49.0. The topological polar surface area (TPSA) is 86.8 Å². The molecule has 0 aromatic heterocycles. The van der Waals surface area contributed by atoms with Crippen molar-refractivity contribution in [2.75, 3.05) is 18.4 Å². The molecule has 120 valence electrons. The van der Waals surface area contributed by atoms with Gasteiger partial charge in [-0.1, -0.05) is 31.2 Å². The van der Waals surface area contributed by atoms with Gasteiger partial charge in [-0.2, -0.15) is 0 Å². The lowest BCUT2D eigenvalue weighted by atomic mass is 10.1. The van der Waals surface area contributed by atoms with Gasteiger partial charge in [0, 0.05) is 12.2 Å². The van der Waals surface area contributed by atoms with E-state index in [1.165, 1.54) is 6.08 Å². The number of carbonyl (C=O) groups is 4. The quantitative estimate of drug-likeness (QED) is 0.485. The monoisotopic (exact) mass is 315 g/mol. The number of anilines is 1. The average Bonchev–Trinajstić information content (AvgIpc) is 2.73. The van der Waals surface area contributed by atoms with Gasteiger partial charge in [0.2, 0.25) is 5.91 Å². The Balaban J connectivity index is 2.08. The zero-order valence-corrected chi connectivity index (χ0v) is 12.7. The summed E-state index contributed by atoms with van der Waals surface area (Å²) in [6.45, 7) is 4.80. The van der Waals surface area contributed by atoms with Crippen LogP contribution < -0.4 is 5.32 Å². The summed E-state index contributed by atoms with van der Waals surface area (Å²) in [5, 5.41) is 2.66. The maximum atomic E-state index is 12.1. The summed E-state index contributed by atoms with van der Waals surface area (Å²) in [6.07, 6.45) is 2.06. The normalized spacial score (nSPS) is 14.4. The van der Waals surface area contributed by atoms with E-state index in [0.717, 1.165) is 16.9 Å². The second kappa shape index (κ2) is 6.87. The van der Waals surface area contributed by atoms with Crippen LogP contribution >= 0.6 is 0 Å². The van der Waals surface area contributed by atoms with Crippen molar-refractivity contribution in [2.24, 2.45) is 0 Å². The molecule has 1 aliphatic rings. The Hall–Kier alpha value is -2.96. The van der Waals surface area contributed by atoms with Gasteiger partial charge < -0.3 is 5.32 Å². The highest BCUT2D eigenvalue weighted by molar-refractivity contribution is 6.45. The third-order valence-corrected chi connectivity index (χ3v) is 3.42. The lowest BCUT2D eigenvalue weighted by Gasteiger charge is -2.15. The molecule has 0 saturated carbocycles. The number of hydrogen-bond acceptors (Lipinski definition) is 4. The minimum absolute atomic E-state index is 0.0693. The predicted octanol–water partition coefficient (Wildman–Crippen LogP) is 1.16. The summed E-state index contributed by atoms with van der Waals surface area (Å²) in [6, 6.07) is 6.43. The van der Waals surface area contributed by atoms with Crippen LogP contribution in [0.25, 0.3) is 0 Å². The van der Waals surface area contributed by atoms with E-state index in [1.54, 1.807) is 12.1 Å². The van der Waals surface area contributed by atoms with Crippen molar-refractivity contribution >= 4 is 29.4 Å². The maximum absolute atomic E-state index is 12.1. The minimum Gasteiger partial charge on any atom is -0.324 e. The van der Waals surface area contributed by atoms with Gasteiger partial charge in [0.25, 0.3) is 0 Å². The van der Waals surface area contributed by atoms with Crippen LogP contribution in [0.1, 0.15) is 12.5 Å². The van der Waals surface area contributed by atoms with E-state index < -0.39 is 30.3 Å². The van der Waals surface area contributed by atoms with E-state index in [-0.39, 0.29) is 6.54 Å². The minimum atomic E-state index is -1.00. The van der Waals surface area contributed by atoms with Crippen molar-refractivity contribution in [3.8, 4) is 0 Å². The molecule has 2 rings (SSSR count). The second-order valence-electron chi connectivity index (χ2n) is 4.94. The van der Waals surface area contributed by atoms with Gasteiger partial charge >= 0.3 is 17.8 Å². The van der Waals surface area contributed by atoms with Gasteiger partial charge in [0.1, 0.15) is 6.54 Å². The van der Waals surface area contributed by atoms with Crippen molar-refractivity contribution in [3.63, 3.8) is 0 Å². The van der Waals surface area contributed by atoms with Crippen molar-refractivity contribution in [2.45, 2.75) is 13.3 Å². The first-order valence-corrected chi connectivity index (χ1v) is 7.15. The van der Waals surface area contributed by atoms with Gasteiger partial charge in [0.15, 0.2) is 0 Å². The Morgan fingerprint density at radius 2 is 1.83 bits per heavy atom. The molecule has 5 amide bonds. The lowest BCUT2D eigenvalue weighted by Crippen LogP contribution is -2.39. The number of para-hydroxylation sites is 1. The first kappa shape index (κ1) is 16.4. The molecule has 7 nitrogen and oxygen atoms in total. The molecule has 1 aromatic rings. The molecule has 7 heteroatoms. The molecule has 1 aliphatic heterocycles. The molecule has 0 spiro atoms. The lowest BCUT2D eigenvalue weighted by molar-refractivity contribution is -0.143. The summed E-state index contributed by atoms with van der Waals surface area (Å²) >= 11 is 0. The molecule has 1 saturated heterocycles. The number of amides is 5. The van der Waals surface area contributed by atoms with Crippen LogP contribution in [0.2, 0.25) is 0 Å². The van der Waals surface area contributed by atoms with E-state index >= 15 is 0 Å². The van der Waals surface area contributed by atoms with Crippen molar-refractivity contribution in [1.29, 1.82) is 0 Å². The number of benzene rings is 1. The number of urea groups is 1. The Morgan fingerprint density at radius 1 is 1.17 bits per heavy atom. The molecule has 0 aliphatic carbocycles. The van der Waals surface area contributed by atoms with E-state index in [0.29, 0.717) is 10.6 Å². The number of nitrogens with zero attached hydrogens (tertiary/aromatic N) is 2. The third-order valence-electron chi connectivity index (χ3n) is 3.42. The van der Waals surface area contributed by atoms with Crippen LogP contribution in [0.15, 0.2) is 36.9 Å².